The van der Waals surface area contributed by atoms with Gasteiger partial charge in [0, 0.05) is 29.5 Å². The van der Waals surface area contributed by atoms with Gasteiger partial charge in [-0.25, -0.2) is 0 Å². The van der Waals surface area contributed by atoms with Gasteiger partial charge in [-0.05, 0) is 6.92 Å². The van der Waals surface area contributed by atoms with Crippen molar-refractivity contribution in [2.45, 2.75) is 26.9 Å². The van der Waals surface area contributed by atoms with Gasteiger partial charge in [0.25, 0.3) is 0 Å². The summed E-state index contributed by atoms with van der Waals surface area (Å²) in [6.07, 6.45) is 0. The van der Waals surface area contributed by atoms with Crippen LogP contribution < -0.4 is 5.73 Å². The second-order valence-electron chi connectivity index (χ2n) is 5.31. The quantitative estimate of drug-likeness (QED) is 0.867. The van der Waals surface area contributed by atoms with Crippen LogP contribution >= 0.6 is 11.3 Å². The number of ketones is 1. The molecule has 0 spiro atoms. The van der Waals surface area contributed by atoms with E-state index in [1.165, 1.54) is 11.3 Å². The van der Waals surface area contributed by atoms with Crippen LogP contribution in [0.5, 0.6) is 0 Å². The first-order valence-corrected chi connectivity index (χ1v) is 7.56. The minimum Gasteiger partial charge on any atom is -0.390 e. The monoisotopic (exact) mass is 300 g/mol. The molecule has 0 bridgehead atoms. The Hall–Kier alpha value is -2.14. The first-order chi connectivity index (χ1) is 9.97. The molecule has 108 valence electrons. The number of aryl methyl sites for hydroxylation is 1. The highest BCUT2D eigenvalue weighted by molar-refractivity contribution is 7.16. The summed E-state index contributed by atoms with van der Waals surface area (Å²) < 4.78 is 0. The highest BCUT2D eigenvalue weighted by Crippen LogP contribution is 2.38. The molecular weight excluding hydrogens is 284 g/mol. The van der Waals surface area contributed by atoms with Gasteiger partial charge in [0.2, 0.25) is 5.91 Å². The number of nitrogens with zero attached hydrogens (tertiary/aromatic N) is 1. The molecule has 2 aromatic rings. The highest BCUT2D eigenvalue weighted by atomic mass is 32.1. The molecule has 2 heterocycles. The number of hydrogen-bond donors (Lipinski definition) is 1. The van der Waals surface area contributed by atoms with Crippen LogP contribution in [-0.4, -0.2) is 16.6 Å². The van der Waals surface area contributed by atoms with E-state index >= 15 is 0 Å². The Morgan fingerprint density at radius 2 is 1.86 bits per heavy atom. The van der Waals surface area contributed by atoms with Crippen molar-refractivity contribution in [3.05, 3.63) is 51.4 Å². The molecular formula is C16H16N2O2S. The van der Waals surface area contributed by atoms with E-state index in [9.17, 15) is 9.59 Å². The molecule has 0 saturated heterocycles. The lowest BCUT2D eigenvalue weighted by Gasteiger charge is -2.13. The molecule has 0 saturated carbocycles. The molecule has 1 aromatic heterocycles. The van der Waals surface area contributed by atoms with E-state index < -0.39 is 0 Å². The molecule has 0 aliphatic carbocycles. The number of fused-ring (bicyclic) bond motifs is 1. The summed E-state index contributed by atoms with van der Waals surface area (Å²) in [6, 6.07) is 7.47. The second-order valence-corrected chi connectivity index (χ2v) is 6.45. The van der Waals surface area contributed by atoms with Crippen molar-refractivity contribution in [2.75, 3.05) is 5.73 Å². The molecule has 21 heavy (non-hydrogen) atoms. The summed E-state index contributed by atoms with van der Waals surface area (Å²) >= 11 is 1.41. The van der Waals surface area contributed by atoms with E-state index in [1.807, 2.05) is 31.2 Å². The molecule has 3 rings (SSSR count). The zero-order valence-electron chi connectivity index (χ0n) is 12.0. The van der Waals surface area contributed by atoms with Gasteiger partial charge in [0.05, 0.1) is 17.1 Å². The number of rotatable bonds is 2. The molecule has 4 nitrogen and oxygen atoms in total. The Labute approximate surface area is 127 Å². The summed E-state index contributed by atoms with van der Waals surface area (Å²) in [5.41, 5.74) is 9.27. The van der Waals surface area contributed by atoms with E-state index in [2.05, 4.69) is 0 Å². The van der Waals surface area contributed by atoms with Crippen molar-refractivity contribution in [3.63, 3.8) is 0 Å². The number of thiophene rings is 1. The fourth-order valence-electron chi connectivity index (χ4n) is 2.57. The maximum Gasteiger partial charge on any atom is 0.220 e. The van der Waals surface area contributed by atoms with Crippen LogP contribution in [0, 0.1) is 6.92 Å². The highest BCUT2D eigenvalue weighted by Gasteiger charge is 2.30. The fraction of sp³-hybridized carbons (Fsp3) is 0.250. The van der Waals surface area contributed by atoms with Crippen molar-refractivity contribution in [1.29, 1.82) is 0 Å². The fourth-order valence-corrected chi connectivity index (χ4v) is 3.66. The SMILES string of the molecule is CC(=O)N1Cc2sc(N)c(C(=O)c3ccc(C)cc3)c2C1. The van der Waals surface area contributed by atoms with Gasteiger partial charge in [0.1, 0.15) is 0 Å². The molecule has 1 aromatic carbocycles. The van der Waals surface area contributed by atoms with Crippen molar-refractivity contribution in [3.8, 4) is 0 Å². The number of amides is 1. The minimum absolute atomic E-state index is 0.0192. The normalized spacial score (nSPS) is 13.3. The molecule has 0 unspecified atom stereocenters. The topological polar surface area (TPSA) is 63.4 Å². The molecule has 1 aliphatic heterocycles. The van der Waals surface area contributed by atoms with E-state index in [1.54, 1.807) is 11.8 Å². The van der Waals surface area contributed by atoms with Crippen molar-refractivity contribution >= 4 is 28.0 Å². The number of nitrogen functional groups attached to an aromatic ring is 1. The Bertz CT molecular complexity index is 731. The molecule has 0 radical (unpaired) electrons. The maximum atomic E-state index is 12.7. The standard InChI is InChI=1S/C16H16N2O2S/c1-9-3-5-11(6-4-9)15(20)14-12-7-18(10(2)19)8-13(12)21-16(14)17/h3-6H,7-8,17H2,1-2H3. The first-order valence-electron chi connectivity index (χ1n) is 6.74. The lowest BCUT2D eigenvalue weighted by atomic mass is 10.00. The molecule has 0 fully saturated rings. The van der Waals surface area contributed by atoms with Gasteiger partial charge in [-0.2, -0.15) is 0 Å². The number of carbonyl (C=O) groups is 2. The van der Waals surface area contributed by atoms with Crippen molar-refractivity contribution < 1.29 is 9.59 Å². The molecule has 5 heteroatoms. The third kappa shape index (κ3) is 2.34. The van der Waals surface area contributed by atoms with Crippen LogP contribution in [0.3, 0.4) is 0 Å². The van der Waals surface area contributed by atoms with Gasteiger partial charge < -0.3 is 10.6 Å². The van der Waals surface area contributed by atoms with Crippen LogP contribution in [0.2, 0.25) is 0 Å². The molecule has 2 N–H and O–H groups in total. The summed E-state index contributed by atoms with van der Waals surface area (Å²) in [6.45, 7) is 4.56. The Balaban J connectivity index is 1.99. The molecule has 0 atom stereocenters. The Morgan fingerprint density at radius 3 is 2.48 bits per heavy atom. The van der Waals surface area contributed by atoms with Crippen LogP contribution in [0.25, 0.3) is 0 Å². The largest absolute Gasteiger partial charge is 0.390 e. The molecule has 1 aliphatic rings. The predicted molar refractivity (Wildman–Crippen MR) is 83.3 cm³/mol. The van der Waals surface area contributed by atoms with E-state index in [0.29, 0.717) is 29.2 Å². The van der Waals surface area contributed by atoms with E-state index in [-0.39, 0.29) is 11.7 Å². The van der Waals surface area contributed by atoms with Crippen molar-refractivity contribution in [1.82, 2.24) is 4.90 Å². The van der Waals surface area contributed by atoms with Crippen LogP contribution in [0.15, 0.2) is 24.3 Å². The lowest BCUT2D eigenvalue weighted by Crippen LogP contribution is -2.22. The average molecular weight is 300 g/mol. The van der Waals surface area contributed by atoms with Gasteiger partial charge >= 0.3 is 0 Å². The number of hydrogen-bond acceptors (Lipinski definition) is 4. The minimum atomic E-state index is -0.0598. The first kappa shape index (κ1) is 13.8. The summed E-state index contributed by atoms with van der Waals surface area (Å²) in [5, 5.41) is 0.550. The van der Waals surface area contributed by atoms with Crippen molar-refractivity contribution in [2.24, 2.45) is 0 Å². The van der Waals surface area contributed by atoms with Crippen LogP contribution in [0.4, 0.5) is 5.00 Å². The number of nitrogens with two attached hydrogens (primary N) is 1. The van der Waals surface area contributed by atoms with Gasteiger partial charge in [-0.15, -0.1) is 11.3 Å². The Kier molecular flexibility index (Phi) is 3.29. The summed E-state index contributed by atoms with van der Waals surface area (Å²) in [4.78, 5) is 27.0. The van der Waals surface area contributed by atoms with Gasteiger partial charge in [0.15, 0.2) is 5.78 Å². The van der Waals surface area contributed by atoms with Crippen LogP contribution in [-0.2, 0) is 17.9 Å². The third-order valence-electron chi connectivity index (χ3n) is 3.79. The van der Waals surface area contributed by atoms with E-state index in [4.69, 9.17) is 5.73 Å². The number of benzene rings is 1. The smallest absolute Gasteiger partial charge is 0.220 e. The van der Waals surface area contributed by atoms with Gasteiger partial charge in [-0.1, -0.05) is 29.8 Å². The summed E-state index contributed by atoms with van der Waals surface area (Å²) in [7, 11) is 0. The lowest BCUT2D eigenvalue weighted by molar-refractivity contribution is -0.129. The molecule has 1 amide bonds. The van der Waals surface area contributed by atoms with E-state index in [0.717, 1.165) is 16.0 Å². The third-order valence-corrected chi connectivity index (χ3v) is 4.83. The van der Waals surface area contributed by atoms with Gasteiger partial charge in [-0.3, -0.25) is 9.59 Å². The number of carbonyl (C=O) groups excluding carboxylic acids is 2. The second kappa shape index (κ2) is 5.00. The maximum absolute atomic E-state index is 12.7. The van der Waals surface area contributed by atoms with Crippen LogP contribution in [0.1, 0.15) is 38.8 Å². The Morgan fingerprint density at radius 1 is 1.19 bits per heavy atom. The average Bonchev–Trinajstić information content (AvgIpc) is 2.95. The zero-order chi connectivity index (χ0) is 15.1. The number of anilines is 1. The summed E-state index contributed by atoms with van der Waals surface area (Å²) in [5.74, 6) is -0.0406. The zero-order valence-corrected chi connectivity index (χ0v) is 12.8. The predicted octanol–water partition coefficient (Wildman–Crippen LogP) is 2.73.